The molecule has 3 N–H and O–H groups in total. The number of hydrogen-bond acceptors (Lipinski definition) is 6. The predicted molar refractivity (Wildman–Crippen MR) is 89.9 cm³/mol. The quantitative estimate of drug-likeness (QED) is 0.651. The Bertz CT molecular complexity index is 701. The smallest absolute Gasteiger partial charge is 0.315 e. The minimum atomic E-state index is -0.412. The van der Waals surface area contributed by atoms with Crippen molar-refractivity contribution in [2.45, 2.75) is 32.7 Å². The molecule has 3 amide bonds. The fraction of sp³-hybridized carbons (Fsp3) is 0.438. The molecule has 0 aliphatic heterocycles. The summed E-state index contributed by atoms with van der Waals surface area (Å²) in [6.07, 6.45) is 3.07. The summed E-state index contributed by atoms with van der Waals surface area (Å²) >= 11 is 0. The van der Waals surface area contributed by atoms with Gasteiger partial charge in [-0.25, -0.2) is 4.79 Å². The summed E-state index contributed by atoms with van der Waals surface area (Å²) in [5.74, 6) is 0.864. The van der Waals surface area contributed by atoms with Gasteiger partial charge in [0.2, 0.25) is 5.89 Å². The average molecular weight is 346 g/mol. The standard InChI is InChI=1S/C16H22N6O3/c1-10(2)13-21-15(25-22-13)11(3)20-16(24)19-8-7-18-14(23)12-5-4-6-17-9-12/h4-6,9-11H,7-8H2,1-3H3,(H,18,23)(H2,19,20,24)/t11-/m0/s1. The van der Waals surface area contributed by atoms with Crippen molar-refractivity contribution >= 4 is 11.9 Å². The molecule has 1 atom stereocenters. The normalized spacial score (nSPS) is 11.8. The van der Waals surface area contributed by atoms with Gasteiger partial charge in [0.25, 0.3) is 5.91 Å². The zero-order chi connectivity index (χ0) is 18.2. The Hall–Kier alpha value is -2.97. The lowest BCUT2D eigenvalue weighted by Gasteiger charge is -2.11. The van der Waals surface area contributed by atoms with Crippen molar-refractivity contribution in [3.8, 4) is 0 Å². The molecule has 0 aliphatic carbocycles. The molecule has 9 heteroatoms. The highest BCUT2D eigenvalue weighted by Gasteiger charge is 2.17. The molecule has 0 saturated heterocycles. The number of amides is 3. The van der Waals surface area contributed by atoms with E-state index in [0.717, 1.165) is 0 Å². The fourth-order valence-corrected chi connectivity index (χ4v) is 1.92. The van der Waals surface area contributed by atoms with E-state index in [0.29, 0.717) is 23.8 Å². The molecule has 0 saturated carbocycles. The second-order valence-electron chi connectivity index (χ2n) is 5.77. The van der Waals surface area contributed by atoms with E-state index in [2.05, 4.69) is 31.1 Å². The van der Waals surface area contributed by atoms with Crippen LogP contribution in [0.15, 0.2) is 29.0 Å². The summed E-state index contributed by atoms with van der Waals surface area (Å²) in [4.78, 5) is 31.8. The van der Waals surface area contributed by atoms with Gasteiger partial charge in [0.1, 0.15) is 6.04 Å². The van der Waals surface area contributed by atoms with E-state index in [1.807, 2.05) is 13.8 Å². The van der Waals surface area contributed by atoms with Gasteiger partial charge in [0.15, 0.2) is 5.82 Å². The van der Waals surface area contributed by atoms with Crippen LogP contribution in [0.5, 0.6) is 0 Å². The van der Waals surface area contributed by atoms with E-state index in [-0.39, 0.29) is 24.4 Å². The summed E-state index contributed by atoms with van der Waals surface area (Å²) in [6, 6.07) is 2.56. The van der Waals surface area contributed by atoms with Crippen molar-refractivity contribution in [1.82, 2.24) is 31.1 Å². The van der Waals surface area contributed by atoms with Crippen LogP contribution in [0.4, 0.5) is 4.79 Å². The number of nitrogens with one attached hydrogen (secondary N) is 3. The molecule has 0 spiro atoms. The van der Waals surface area contributed by atoms with Gasteiger partial charge in [-0.05, 0) is 19.1 Å². The number of hydrogen-bond donors (Lipinski definition) is 3. The molecular weight excluding hydrogens is 324 g/mol. The average Bonchev–Trinajstić information content (AvgIpc) is 3.10. The third kappa shape index (κ3) is 5.55. The maximum absolute atomic E-state index is 11.8. The van der Waals surface area contributed by atoms with E-state index >= 15 is 0 Å². The van der Waals surface area contributed by atoms with E-state index in [1.54, 1.807) is 25.3 Å². The number of carbonyl (C=O) groups excluding carboxylic acids is 2. The second kappa shape index (κ2) is 8.76. The van der Waals surface area contributed by atoms with Crippen molar-refractivity contribution in [3.63, 3.8) is 0 Å². The van der Waals surface area contributed by atoms with Crippen LogP contribution in [0.25, 0.3) is 0 Å². The lowest BCUT2D eigenvalue weighted by atomic mass is 10.2. The lowest BCUT2D eigenvalue weighted by molar-refractivity contribution is 0.0953. The zero-order valence-electron chi connectivity index (χ0n) is 14.4. The van der Waals surface area contributed by atoms with Crippen LogP contribution >= 0.6 is 0 Å². The Labute approximate surface area is 145 Å². The highest BCUT2D eigenvalue weighted by molar-refractivity contribution is 5.93. The van der Waals surface area contributed by atoms with E-state index in [9.17, 15) is 9.59 Å². The molecular formula is C16H22N6O3. The summed E-state index contributed by atoms with van der Waals surface area (Å²) in [5.41, 5.74) is 0.470. The van der Waals surface area contributed by atoms with Gasteiger partial charge >= 0.3 is 6.03 Å². The van der Waals surface area contributed by atoms with Crippen LogP contribution in [0.3, 0.4) is 0 Å². The molecule has 25 heavy (non-hydrogen) atoms. The van der Waals surface area contributed by atoms with E-state index < -0.39 is 6.04 Å². The van der Waals surface area contributed by atoms with Gasteiger partial charge < -0.3 is 20.5 Å². The largest absolute Gasteiger partial charge is 0.350 e. The summed E-state index contributed by atoms with van der Waals surface area (Å²) in [6.45, 7) is 6.25. The molecule has 0 radical (unpaired) electrons. The minimum absolute atomic E-state index is 0.155. The summed E-state index contributed by atoms with van der Waals surface area (Å²) in [5, 5.41) is 11.9. The lowest BCUT2D eigenvalue weighted by Crippen LogP contribution is -2.41. The Morgan fingerprint density at radius 3 is 2.60 bits per heavy atom. The molecule has 0 fully saturated rings. The summed E-state index contributed by atoms with van der Waals surface area (Å²) < 4.78 is 5.13. The third-order valence-electron chi connectivity index (χ3n) is 3.31. The van der Waals surface area contributed by atoms with Crippen LogP contribution < -0.4 is 16.0 Å². The zero-order valence-corrected chi connectivity index (χ0v) is 14.4. The molecule has 134 valence electrons. The van der Waals surface area contributed by atoms with Crippen LogP contribution in [0.2, 0.25) is 0 Å². The molecule has 0 aliphatic rings. The van der Waals surface area contributed by atoms with Gasteiger partial charge in [0, 0.05) is 31.4 Å². The molecule has 2 aromatic rings. The maximum atomic E-state index is 11.8. The Morgan fingerprint density at radius 2 is 1.96 bits per heavy atom. The number of pyridine rings is 1. The van der Waals surface area contributed by atoms with Gasteiger partial charge in [-0.15, -0.1) is 0 Å². The van der Waals surface area contributed by atoms with Crippen LogP contribution in [0.1, 0.15) is 54.8 Å². The van der Waals surface area contributed by atoms with Gasteiger partial charge in [-0.2, -0.15) is 4.98 Å². The number of carbonyl (C=O) groups is 2. The van der Waals surface area contributed by atoms with Gasteiger partial charge in [-0.3, -0.25) is 9.78 Å². The SMILES string of the molecule is CC(C)c1noc([C@H](C)NC(=O)NCCNC(=O)c2cccnc2)n1. The van der Waals surface area contributed by atoms with E-state index in [1.165, 1.54) is 6.20 Å². The van der Waals surface area contributed by atoms with Crippen molar-refractivity contribution in [2.24, 2.45) is 0 Å². The number of aromatic nitrogens is 3. The van der Waals surface area contributed by atoms with Crippen LogP contribution in [-0.2, 0) is 0 Å². The number of urea groups is 1. The Balaban J connectivity index is 1.69. The van der Waals surface area contributed by atoms with Gasteiger partial charge in [0.05, 0.1) is 5.56 Å². The molecule has 9 nitrogen and oxygen atoms in total. The molecule has 0 unspecified atom stereocenters. The van der Waals surface area contributed by atoms with Crippen molar-refractivity contribution in [3.05, 3.63) is 41.8 Å². The predicted octanol–water partition coefficient (Wildman–Crippen LogP) is 1.38. The topological polar surface area (TPSA) is 122 Å². The molecule has 2 aromatic heterocycles. The highest BCUT2D eigenvalue weighted by Crippen LogP contribution is 2.14. The first kappa shape index (κ1) is 18.4. The fourth-order valence-electron chi connectivity index (χ4n) is 1.92. The monoisotopic (exact) mass is 346 g/mol. The summed E-state index contributed by atoms with van der Waals surface area (Å²) in [7, 11) is 0. The van der Waals surface area contributed by atoms with Crippen molar-refractivity contribution in [1.29, 1.82) is 0 Å². The maximum Gasteiger partial charge on any atom is 0.315 e. The van der Waals surface area contributed by atoms with E-state index in [4.69, 9.17) is 4.52 Å². The first-order chi connectivity index (χ1) is 12.0. The first-order valence-electron chi connectivity index (χ1n) is 8.03. The molecule has 0 bridgehead atoms. The Kier molecular flexibility index (Phi) is 6.44. The number of nitrogens with zero attached hydrogens (tertiary/aromatic N) is 3. The Morgan fingerprint density at radius 1 is 1.20 bits per heavy atom. The second-order valence-corrected chi connectivity index (χ2v) is 5.77. The molecule has 0 aromatic carbocycles. The molecule has 2 heterocycles. The third-order valence-corrected chi connectivity index (χ3v) is 3.31. The van der Waals surface area contributed by atoms with Gasteiger partial charge in [-0.1, -0.05) is 19.0 Å². The van der Waals surface area contributed by atoms with Crippen LogP contribution in [-0.4, -0.2) is 40.2 Å². The molecule has 2 rings (SSSR count). The van der Waals surface area contributed by atoms with Crippen molar-refractivity contribution in [2.75, 3.05) is 13.1 Å². The van der Waals surface area contributed by atoms with Crippen molar-refractivity contribution < 1.29 is 14.1 Å². The highest BCUT2D eigenvalue weighted by atomic mass is 16.5. The minimum Gasteiger partial charge on any atom is -0.350 e. The van der Waals surface area contributed by atoms with Crippen LogP contribution in [0, 0.1) is 0 Å². The number of rotatable bonds is 7. The first-order valence-corrected chi connectivity index (χ1v) is 8.03.